The van der Waals surface area contributed by atoms with Crippen LogP contribution in [0.2, 0.25) is 0 Å². The molecular formula is C46H29NO2. The Balaban J connectivity index is 1.22. The molecule has 49 heavy (non-hydrogen) atoms. The van der Waals surface area contributed by atoms with Gasteiger partial charge in [0.25, 0.3) is 0 Å². The summed E-state index contributed by atoms with van der Waals surface area (Å²) in [6, 6.07) is 62.0. The lowest BCUT2D eigenvalue weighted by Gasteiger charge is -2.26. The van der Waals surface area contributed by atoms with Crippen molar-refractivity contribution in [2.45, 2.75) is 0 Å². The molecule has 2 aromatic heterocycles. The summed E-state index contributed by atoms with van der Waals surface area (Å²) in [7, 11) is 0. The van der Waals surface area contributed by atoms with E-state index in [0.29, 0.717) is 0 Å². The van der Waals surface area contributed by atoms with E-state index in [1.807, 2.05) is 12.1 Å². The van der Waals surface area contributed by atoms with Crippen molar-refractivity contribution < 1.29 is 8.83 Å². The molecule has 2 heterocycles. The van der Waals surface area contributed by atoms with E-state index in [9.17, 15) is 0 Å². The number of para-hydroxylation sites is 2. The molecule has 0 amide bonds. The third kappa shape index (κ3) is 4.44. The van der Waals surface area contributed by atoms with Gasteiger partial charge in [0.05, 0.1) is 11.1 Å². The highest BCUT2D eigenvalue weighted by atomic mass is 16.3. The molecule has 3 nitrogen and oxygen atoms in total. The zero-order valence-electron chi connectivity index (χ0n) is 26.5. The van der Waals surface area contributed by atoms with Gasteiger partial charge in [0, 0.05) is 32.9 Å². The molecule has 0 aliphatic heterocycles. The number of hydrogen-bond acceptors (Lipinski definition) is 3. The van der Waals surface area contributed by atoms with Gasteiger partial charge in [-0.05, 0) is 88.3 Å². The number of furan rings is 2. The standard InChI is InChI=1S/C46H29NO2/c1-3-12-30(13-4-1)31-22-25-34(26-23-31)47(33-14-5-2-6-15-33)41-19-11-21-44-45(41)40-29-38(35-16-7-8-18-37(35)46(40)49-44)32-24-27-43-39(28-32)36-17-9-10-20-42(36)48-43/h1-29H. The van der Waals surface area contributed by atoms with Crippen LogP contribution in [-0.2, 0) is 0 Å². The first-order valence-corrected chi connectivity index (χ1v) is 16.6. The fraction of sp³-hybridized carbons (Fsp3) is 0. The first-order valence-electron chi connectivity index (χ1n) is 16.6. The van der Waals surface area contributed by atoms with Crippen molar-refractivity contribution >= 4 is 71.7 Å². The second-order valence-electron chi connectivity index (χ2n) is 12.5. The van der Waals surface area contributed by atoms with Gasteiger partial charge >= 0.3 is 0 Å². The van der Waals surface area contributed by atoms with Crippen LogP contribution >= 0.6 is 0 Å². The van der Waals surface area contributed by atoms with Crippen molar-refractivity contribution in [3.8, 4) is 22.3 Å². The Labute approximate surface area is 282 Å². The third-order valence-corrected chi connectivity index (χ3v) is 9.66. The Morgan fingerprint density at radius 2 is 0.959 bits per heavy atom. The van der Waals surface area contributed by atoms with Gasteiger partial charge in [-0.3, -0.25) is 0 Å². The summed E-state index contributed by atoms with van der Waals surface area (Å²) in [6.45, 7) is 0. The number of nitrogens with zero attached hydrogens (tertiary/aromatic N) is 1. The molecule has 3 heteroatoms. The molecule has 0 atom stereocenters. The van der Waals surface area contributed by atoms with E-state index in [1.54, 1.807) is 0 Å². The molecule has 0 unspecified atom stereocenters. The second-order valence-corrected chi connectivity index (χ2v) is 12.5. The number of rotatable bonds is 5. The molecule has 0 aliphatic rings. The van der Waals surface area contributed by atoms with E-state index >= 15 is 0 Å². The molecule has 0 saturated heterocycles. The smallest absolute Gasteiger partial charge is 0.143 e. The van der Waals surface area contributed by atoms with Gasteiger partial charge in [0.2, 0.25) is 0 Å². The van der Waals surface area contributed by atoms with Gasteiger partial charge < -0.3 is 13.7 Å². The van der Waals surface area contributed by atoms with E-state index in [4.69, 9.17) is 8.83 Å². The maximum Gasteiger partial charge on any atom is 0.143 e. The van der Waals surface area contributed by atoms with Crippen LogP contribution in [0.5, 0.6) is 0 Å². The number of fused-ring (bicyclic) bond motifs is 8. The van der Waals surface area contributed by atoms with Crippen molar-refractivity contribution in [3.05, 3.63) is 176 Å². The molecule has 10 rings (SSSR count). The largest absolute Gasteiger partial charge is 0.456 e. The summed E-state index contributed by atoms with van der Waals surface area (Å²) in [4.78, 5) is 2.34. The Morgan fingerprint density at radius 3 is 1.78 bits per heavy atom. The van der Waals surface area contributed by atoms with Crippen LogP contribution in [0.25, 0.3) is 76.9 Å². The lowest BCUT2D eigenvalue weighted by Crippen LogP contribution is -2.10. The maximum atomic E-state index is 6.77. The minimum atomic E-state index is 0.855. The van der Waals surface area contributed by atoms with E-state index in [-0.39, 0.29) is 0 Å². The van der Waals surface area contributed by atoms with Crippen molar-refractivity contribution in [3.63, 3.8) is 0 Å². The highest BCUT2D eigenvalue weighted by molar-refractivity contribution is 6.23. The summed E-state index contributed by atoms with van der Waals surface area (Å²) in [5, 5.41) is 6.64. The molecule has 0 bridgehead atoms. The van der Waals surface area contributed by atoms with Gasteiger partial charge in [-0.2, -0.15) is 0 Å². The van der Waals surface area contributed by atoms with Gasteiger partial charge in [-0.15, -0.1) is 0 Å². The Hall–Kier alpha value is -6.58. The van der Waals surface area contributed by atoms with Crippen LogP contribution in [0, 0.1) is 0 Å². The summed E-state index contributed by atoms with van der Waals surface area (Å²) in [6.07, 6.45) is 0. The van der Waals surface area contributed by atoms with Gasteiger partial charge in [-0.1, -0.05) is 115 Å². The SMILES string of the molecule is c1ccc(-c2ccc(N(c3ccccc3)c3cccc4oc5c6ccccc6c(-c6ccc7oc8ccccc8c7c6)cc5c34)cc2)cc1. The fourth-order valence-corrected chi connectivity index (χ4v) is 7.39. The molecule has 8 aromatic carbocycles. The highest BCUT2D eigenvalue weighted by Crippen LogP contribution is 2.46. The van der Waals surface area contributed by atoms with Crippen LogP contribution in [0.15, 0.2) is 185 Å². The van der Waals surface area contributed by atoms with E-state index < -0.39 is 0 Å². The van der Waals surface area contributed by atoms with Crippen molar-refractivity contribution in [2.75, 3.05) is 4.90 Å². The topological polar surface area (TPSA) is 29.5 Å². The monoisotopic (exact) mass is 627 g/mol. The predicted octanol–water partition coefficient (Wildman–Crippen LogP) is 13.4. The van der Waals surface area contributed by atoms with Gasteiger partial charge in [0.1, 0.15) is 22.3 Å². The van der Waals surface area contributed by atoms with Crippen molar-refractivity contribution in [2.24, 2.45) is 0 Å². The number of hydrogen-bond donors (Lipinski definition) is 0. The third-order valence-electron chi connectivity index (χ3n) is 9.66. The molecule has 0 aliphatic carbocycles. The minimum Gasteiger partial charge on any atom is -0.456 e. The Morgan fingerprint density at radius 1 is 0.347 bits per heavy atom. The summed E-state index contributed by atoms with van der Waals surface area (Å²) in [5.74, 6) is 0. The molecule has 0 N–H and O–H groups in total. The fourth-order valence-electron chi connectivity index (χ4n) is 7.39. The van der Waals surface area contributed by atoms with Crippen LogP contribution in [0.4, 0.5) is 17.1 Å². The second kappa shape index (κ2) is 11.0. The molecule has 230 valence electrons. The molecule has 0 saturated carbocycles. The number of benzene rings is 8. The van der Waals surface area contributed by atoms with Crippen LogP contribution in [0.1, 0.15) is 0 Å². The first kappa shape index (κ1) is 27.5. The average Bonchev–Trinajstić information content (AvgIpc) is 3.74. The Kier molecular flexibility index (Phi) is 6.18. The molecule has 0 radical (unpaired) electrons. The Bertz CT molecular complexity index is 2810. The van der Waals surface area contributed by atoms with Crippen molar-refractivity contribution in [1.29, 1.82) is 0 Å². The van der Waals surface area contributed by atoms with Crippen LogP contribution in [-0.4, -0.2) is 0 Å². The zero-order chi connectivity index (χ0) is 32.3. The minimum absolute atomic E-state index is 0.855. The highest BCUT2D eigenvalue weighted by Gasteiger charge is 2.22. The van der Waals surface area contributed by atoms with Gasteiger partial charge in [0.15, 0.2) is 0 Å². The van der Waals surface area contributed by atoms with Crippen molar-refractivity contribution in [1.82, 2.24) is 0 Å². The molecular weight excluding hydrogens is 599 g/mol. The zero-order valence-corrected chi connectivity index (χ0v) is 26.5. The summed E-state index contributed by atoms with van der Waals surface area (Å²) >= 11 is 0. The normalized spacial score (nSPS) is 11.7. The molecule has 10 aromatic rings. The number of anilines is 3. The lowest BCUT2D eigenvalue weighted by atomic mass is 9.94. The van der Waals surface area contributed by atoms with Crippen LogP contribution in [0.3, 0.4) is 0 Å². The van der Waals surface area contributed by atoms with E-state index in [1.165, 1.54) is 11.1 Å². The summed E-state index contributed by atoms with van der Waals surface area (Å²) < 4.78 is 13.0. The van der Waals surface area contributed by atoms with E-state index in [0.717, 1.165) is 82.8 Å². The summed E-state index contributed by atoms with van der Waals surface area (Å²) in [5.41, 5.74) is 11.4. The maximum absolute atomic E-state index is 6.77. The van der Waals surface area contributed by atoms with Crippen LogP contribution < -0.4 is 4.90 Å². The predicted molar refractivity (Wildman–Crippen MR) is 204 cm³/mol. The lowest BCUT2D eigenvalue weighted by molar-refractivity contribution is 0.669. The van der Waals surface area contributed by atoms with Gasteiger partial charge in [-0.25, -0.2) is 0 Å². The average molecular weight is 628 g/mol. The van der Waals surface area contributed by atoms with E-state index in [2.05, 4.69) is 169 Å². The molecule has 0 fully saturated rings. The first-order chi connectivity index (χ1) is 24.3. The molecule has 0 spiro atoms. The quantitative estimate of drug-likeness (QED) is 0.190.